The molecule has 0 saturated carbocycles. The van der Waals surface area contributed by atoms with Crippen LogP contribution in [0.1, 0.15) is 12.8 Å². The Morgan fingerprint density at radius 1 is 1.67 bits per heavy atom. The number of hydrogen-bond donors (Lipinski definition) is 2. The number of nitro groups is 1. The summed E-state index contributed by atoms with van der Waals surface area (Å²) in [7, 11) is 2.06. The molecule has 1 saturated heterocycles. The van der Waals surface area contributed by atoms with Gasteiger partial charge in [-0.05, 0) is 32.5 Å². The second-order valence-electron chi connectivity index (χ2n) is 4.52. The van der Waals surface area contributed by atoms with Crippen molar-refractivity contribution in [1.29, 1.82) is 0 Å². The Labute approximate surface area is 105 Å². The zero-order valence-corrected chi connectivity index (χ0v) is 10.3. The Morgan fingerprint density at radius 3 is 3.06 bits per heavy atom. The lowest BCUT2D eigenvalue weighted by Crippen LogP contribution is -2.31. The molecular formula is C11H17N5O2. The quantitative estimate of drug-likeness (QED) is 0.614. The molecule has 1 aliphatic heterocycles. The fourth-order valence-corrected chi connectivity index (χ4v) is 2.20. The van der Waals surface area contributed by atoms with Gasteiger partial charge in [0.25, 0.3) is 0 Å². The van der Waals surface area contributed by atoms with Crippen molar-refractivity contribution in [2.45, 2.75) is 18.9 Å². The molecule has 0 aliphatic carbocycles. The zero-order valence-electron chi connectivity index (χ0n) is 10.3. The van der Waals surface area contributed by atoms with E-state index in [1.54, 1.807) is 0 Å². The third kappa shape index (κ3) is 2.67. The summed E-state index contributed by atoms with van der Waals surface area (Å²) in [6.07, 6.45) is 2.26. The van der Waals surface area contributed by atoms with E-state index < -0.39 is 4.92 Å². The van der Waals surface area contributed by atoms with Crippen LogP contribution in [0, 0.1) is 10.1 Å². The van der Waals surface area contributed by atoms with E-state index >= 15 is 0 Å². The first-order valence-electron chi connectivity index (χ1n) is 5.93. The van der Waals surface area contributed by atoms with Crippen LogP contribution in [0.3, 0.4) is 0 Å². The second kappa shape index (κ2) is 5.18. The van der Waals surface area contributed by atoms with Crippen LogP contribution in [0.4, 0.5) is 17.3 Å². The van der Waals surface area contributed by atoms with E-state index in [9.17, 15) is 10.1 Å². The number of nitrogen functional groups attached to an aromatic ring is 1. The van der Waals surface area contributed by atoms with E-state index in [1.165, 1.54) is 12.1 Å². The van der Waals surface area contributed by atoms with Crippen LogP contribution in [0.5, 0.6) is 0 Å². The van der Waals surface area contributed by atoms with E-state index in [1.807, 2.05) is 0 Å². The number of nitrogens with one attached hydrogen (secondary N) is 1. The maximum absolute atomic E-state index is 10.9. The normalized spacial score (nSPS) is 19.9. The van der Waals surface area contributed by atoms with Crippen LogP contribution in [0.2, 0.25) is 0 Å². The Balaban J connectivity index is 2.08. The summed E-state index contributed by atoms with van der Waals surface area (Å²) < 4.78 is 0. The molecule has 0 bridgehead atoms. The molecular weight excluding hydrogens is 234 g/mol. The Morgan fingerprint density at radius 2 is 2.44 bits per heavy atom. The second-order valence-corrected chi connectivity index (χ2v) is 4.52. The van der Waals surface area contributed by atoms with Crippen LogP contribution in [-0.2, 0) is 0 Å². The first-order valence-corrected chi connectivity index (χ1v) is 5.93. The van der Waals surface area contributed by atoms with Gasteiger partial charge in [0.2, 0.25) is 5.82 Å². The van der Waals surface area contributed by atoms with Gasteiger partial charge in [-0.15, -0.1) is 0 Å². The van der Waals surface area contributed by atoms with Gasteiger partial charge in [-0.1, -0.05) is 0 Å². The topological polar surface area (TPSA) is 97.3 Å². The third-order valence-electron chi connectivity index (χ3n) is 3.27. The highest BCUT2D eigenvalue weighted by molar-refractivity contribution is 5.59. The summed E-state index contributed by atoms with van der Waals surface area (Å²) in [5.74, 6) is 0.531. The van der Waals surface area contributed by atoms with Crippen molar-refractivity contribution in [2.75, 3.05) is 31.2 Å². The van der Waals surface area contributed by atoms with Crippen molar-refractivity contribution in [3.8, 4) is 0 Å². The summed E-state index contributed by atoms with van der Waals surface area (Å²) >= 11 is 0. The first-order chi connectivity index (χ1) is 8.58. The molecule has 1 unspecified atom stereocenters. The number of rotatable bonds is 4. The SMILES string of the molecule is CN1CCCC1CNc1nc(N)ccc1[N+](=O)[O-]. The highest BCUT2D eigenvalue weighted by atomic mass is 16.6. The minimum absolute atomic E-state index is 0.0372. The smallest absolute Gasteiger partial charge is 0.311 e. The number of likely N-dealkylation sites (N-methyl/N-ethyl adjacent to an activating group) is 1. The van der Waals surface area contributed by atoms with E-state index in [0.717, 1.165) is 19.4 Å². The maximum atomic E-state index is 10.9. The van der Waals surface area contributed by atoms with E-state index in [-0.39, 0.29) is 17.3 Å². The van der Waals surface area contributed by atoms with Crippen molar-refractivity contribution >= 4 is 17.3 Å². The number of nitrogens with zero attached hydrogens (tertiary/aromatic N) is 3. The van der Waals surface area contributed by atoms with Gasteiger partial charge in [0.05, 0.1) is 4.92 Å². The summed E-state index contributed by atoms with van der Waals surface area (Å²) in [5, 5.41) is 13.9. The van der Waals surface area contributed by atoms with Crippen molar-refractivity contribution in [2.24, 2.45) is 0 Å². The average molecular weight is 251 g/mol. The molecule has 1 aliphatic rings. The van der Waals surface area contributed by atoms with Crippen molar-refractivity contribution in [3.63, 3.8) is 0 Å². The zero-order chi connectivity index (χ0) is 13.1. The Kier molecular flexibility index (Phi) is 3.61. The van der Waals surface area contributed by atoms with Crippen LogP contribution < -0.4 is 11.1 Å². The summed E-state index contributed by atoms with van der Waals surface area (Å²) in [6.45, 7) is 1.71. The summed E-state index contributed by atoms with van der Waals surface area (Å²) in [4.78, 5) is 16.6. The predicted octanol–water partition coefficient (Wildman–Crippen LogP) is 1.08. The van der Waals surface area contributed by atoms with Crippen LogP contribution in [0.15, 0.2) is 12.1 Å². The van der Waals surface area contributed by atoms with Crippen LogP contribution in [-0.4, -0.2) is 41.0 Å². The minimum atomic E-state index is -0.451. The van der Waals surface area contributed by atoms with Crippen LogP contribution in [0.25, 0.3) is 0 Å². The van der Waals surface area contributed by atoms with Gasteiger partial charge in [0, 0.05) is 18.7 Å². The number of likely N-dealkylation sites (tertiary alicyclic amines) is 1. The summed E-state index contributed by atoms with van der Waals surface area (Å²) in [5.41, 5.74) is 5.52. The molecule has 7 nitrogen and oxygen atoms in total. The fourth-order valence-electron chi connectivity index (χ4n) is 2.20. The van der Waals surface area contributed by atoms with Gasteiger partial charge < -0.3 is 16.0 Å². The van der Waals surface area contributed by atoms with Gasteiger partial charge in [-0.2, -0.15) is 0 Å². The number of pyridine rings is 1. The molecule has 0 amide bonds. The largest absolute Gasteiger partial charge is 0.384 e. The fraction of sp³-hybridized carbons (Fsp3) is 0.545. The lowest BCUT2D eigenvalue weighted by Gasteiger charge is -2.19. The van der Waals surface area contributed by atoms with Crippen molar-refractivity contribution < 1.29 is 4.92 Å². The average Bonchev–Trinajstić information content (AvgIpc) is 2.72. The van der Waals surface area contributed by atoms with Gasteiger partial charge in [0.15, 0.2) is 0 Å². The molecule has 2 heterocycles. The lowest BCUT2D eigenvalue weighted by atomic mass is 10.2. The Hall–Kier alpha value is -1.89. The van der Waals surface area contributed by atoms with Crippen LogP contribution >= 0.6 is 0 Å². The monoisotopic (exact) mass is 251 g/mol. The van der Waals surface area contributed by atoms with Gasteiger partial charge in [-0.25, -0.2) is 4.98 Å². The molecule has 0 spiro atoms. The molecule has 1 aromatic heterocycles. The molecule has 0 aromatic carbocycles. The maximum Gasteiger partial charge on any atom is 0.311 e. The summed E-state index contributed by atoms with van der Waals surface area (Å²) in [6, 6.07) is 3.21. The van der Waals surface area contributed by atoms with E-state index in [4.69, 9.17) is 5.73 Å². The molecule has 98 valence electrons. The molecule has 1 aromatic rings. The van der Waals surface area contributed by atoms with Gasteiger partial charge >= 0.3 is 5.69 Å². The molecule has 7 heteroatoms. The van der Waals surface area contributed by atoms with Crippen molar-refractivity contribution in [3.05, 3.63) is 22.2 Å². The lowest BCUT2D eigenvalue weighted by molar-refractivity contribution is -0.384. The number of anilines is 2. The van der Waals surface area contributed by atoms with E-state index in [0.29, 0.717) is 12.6 Å². The third-order valence-corrected chi connectivity index (χ3v) is 3.27. The minimum Gasteiger partial charge on any atom is -0.384 e. The highest BCUT2D eigenvalue weighted by Gasteiger charge is 2.22. The van der Waals surface area contributed by atoms with E-state index in [2.05, 4.69) is 22.2 Å². The molecule has 1 fully saturated rings. The number of nitrogens with two attached hydrogens (primary N) is 1. The number of aromatic nitrogens is 1. The molecule has 18 heavy (non-hydrogen) atoms. The number of hydrogen-bond acceptors (Lipinski definition) is 6. The highest BCUT2D eigenvalue weighted by Crippen LogP contribution is 2.24. The molecule has 3 N–H and O–H groups in total. The standard InChI is InChI=1S/C11H17N5O2/c1-15-6-2-3-8(15)7-13-11-9(16(17)18)4-5-10(12)14-11/h4-5,8H,2-3,6-7H2,1H3,(H3,12,13,14). The van der Waals surface area contributed by atoms with Gasteiger partial charge in [0.1, 0.15) is 5.82 Å². The predicted molar refractivity (Wildman–Crippen MR) is 69.4 cm³/mol. The van der Waals surface area contributed by atoms with Gasteiger partial charge in [-0.3, -0.25) is 10.1 Å². The molecule has 0 radical (unpaired) electrons. The Bertz CT molecular complexity index is 451. The first kappa shape index (κ1) is 12.6. The van der Waals surface area contributed by atoms with Crippen molar-refractivity contribution in [1.82, 2.24) is 9.88 Å². The molecule has 1 atom stereocenters. The molecule has 2 rings (SSSR count).